The van der Waals surface area contributed by atoms with E-state index in [9.17, 15) is 4.79 Å². The summed E-state index contributed by atoms with van der Waals surface area (Å²) in [6, 6.07) is 1.23. The molecule has 86 valence electrons. The fraction of sp³-hybridized carbons (Fsp3) is 0.300. The number of nitrogens with one attached hydrogen (secondary N) is 1. The van der Waals surface area contributed by atoms with Gasteiger partial charge in [-0.1, -0.05) is 30.7 Å². The van der Waals surface area contributed by atoms with E-state index in [1.54, 1.807) is 6.07 Å². The summed E-state index contributed by atoms with van der Waals surface area (Å²) in [5.41, 5.74) is 5.85. The Morgan fingerprint density at radius 3 is 2.94 bits per heavy atom. The summed E-state index contributed by atoms with van der Waals surface area (Å²) in [6.45, 7) is 1.89. The van der Waals surface area contributed by atoms with Crippen molar-refractivity contribution in [2.24, 2.45) is 5.73 Å². The predicted molar refractivity (Wildman–Crippen MR) is 67.6 cm³/mol. The fourth-order valence-corrected chi connectivity index (χ4v) is 1.60. The first kappa shape index (κ1) is 12.9. The van der Waals surface area contributed by atoms with Crippen LogP contribution in [0.15, 0.2) is 18.5 Å². The molecular formula is C10H12ClN3OS. The SMILES string of the molecule is CCC(NC(=O)c1ccncc1Cl)C(N)=S. The lowest BCUT2D eigenvalue weighted by molar-refractivity contribution is 0.0946. The summed E-state index contributed by atoms with van der Waals surface area (Å²) in [7, 11) is 0. The Morgan fingerprint density at radius 1 is 1.75 bits per heavy atom. The van der Waals surface area contributed by atoms with Crippen LogP contribution in [-0.2, 0) is 0 Å². The average Bonchev–Trinajstić information content (AvgIpc) is 2.25. The third-order valence-electron chi connectivity index (χ3n) is 2.07. The van der Waals surface area contributed by atoms with Crippen LogP contribution in [0, 0.1) is 0 Å². The van der Waals surface area contributed by atoms with Gasteiger partial charge in [0.05, 0.1) is 21.6 Å². The minimum absolute atomic E-state index is 0.265. The molecule has 0 aliphatic rings. The van der Waals surface area contributed by atoms with Crippen LogP contribution >= 0.6 is 23.8 Å². The van der Waals surface area contributed by atoms with Crippen LogP contribution in [0.25, 0.3) is 0 Å². The van der Waals surface area contributed by atoms with Crippen molar-refractivity contribution in [2.45, 2.75) is 19.4 Å². The number of amides is 1. The van der Waals surface area contributed by atoms with E-state index < -0.39 is 0 Å². The van der Waals surface area contributed by atoms with Crippen LogP contribution in [0.3, 0.4) is 0 Å². The Hall–Kier alpha value is -1.20. The van der Waals surface area contributed by atoms with E-state index in [2.05, 4.69) is 10.3 Å². The normalized spacial score (nSPS) is 11.9. The number of nitrogens with zero attached hydrogens (tertiary/aromatic N) is 1. The monoisotopic (exact) mass is 257 g/mol. The molecule has 0 aromatic carbocycles. The van der Waals surface area contributed by atoms with Gasteiger partial charge in [-0.25, -0.2) is 0 Å². The van der Waals surface area contributed by atoms with Crippen LogP contribution in [0.2, 0.25) is 5.02 Å². The van der Waals surface area contributed by atoms with Crippen molar-refractivity contribution in [3.63, 3.8) is 0 Å². The zero-order chi connectivity index (χ0) is 12.1. The quantitative estimate of drug-likeness (QED) is 0.803. The Kier molecular flexibility index (Phi) is 4.64. The topological polar surface area (TPSA) is 68.0 Å². The molecule has 1 rings (SSSR count). The van der Waals surface area contributed by atoms with E-state index >= 15 is 0 Å². The largest absolute Gasteiger partial charge is 0.392 e. The highest BCUT2D eigenvalue weighted by Crippen LogP contribution is 2.13. The van der Waals surface area contributed by atoms with Gasteiger partial charge in [0.25, 0.3) is 5.91 Å². The van der Waals surface area contributed by atoms with E-state index in [-0.39, 0.29) is 16.9 Å². The second kappa shape index (κ2) is 5.77. The van der Waals surface area contributed by atoms with Gasteiger partial charge in [-0.3, -0.25) is 9.78 Å². The first-order chi connectivity index (χ1) is 7.56. The second-order valence-corrected chi connectivity index (χ2v) is 4.07. The van der Waals surface area contributed by atoms with Crippen molar-refractivity contribution >= 4 is 34.7 Å². The molecule has 4 nitrogen and oxygen atoms in total. The highest BCUT2D eigenvalue weighted by Gasteiger charge is 2.16. The van der Waals surface area contributed by atoms with E-state index in [0.29, 0.717) is 17.0 Å². The molecule has 0 spiro atoms. The van der Waals surface area contributed by atoms with Crippen LogP contribution in [0.5, 0.6) is 0 Å². The van der Waals surface area contributed by atoms with Crippen LogP contribution in [0.1, 0.15) is 23.7 Å². The van der Waals surface area contributed by atoms with Gasteiger partial charge in [-0.15, -0.1) is 0 Å². The zero-order valence-electron chi connectivity index (χ0n) is 8.74. The number of carbonyl (C=O) groups is 1. The first-order valence-corrected chi connectivity index (χ1v) is 5.54. The van der Waals surface area contributed by atoms with E-state index in [1.165, 1.54) is 12.4 Å². The molecule has 0 saturated heterocycles. The number of hydrogen-bond donors (Lipinski definition) is 2. The smallest absolute Gasteiger partial charge is 0.253 e. The summed E-state index contributed by atoms with van der Waals surface area (Å²) < 4.78 is 0. The summed E-state index contributed by atoms with van der Waals surface area (Å²) >= 11 is 10.7. The molecule has 3 N–H and O–H groups in total. The average molecular weight is 258 g/mol. The molecule has 1 aromatic rings. The lowest BCUT2D eigenvalue weighted by atomic mass is 10.2. The van der Waals surface area contributed by atoms with Gasteiger partial charge in [0.2, 0.25) is 0 Å². The van der Waals surface area contributed by atoms with Crippen molar-refractivity contribution in [1.82, 2.24) is 10.3 Å². The maximum absolute atomic E-state index is 11.8. The van der Waals surface area contributed by atoms with Gasteiger partial charge in [0.1, 0.15) is 0 Å². The molecule has 0 aliphatic heterocycles. The maximum atomic E-state index is 11.8. The third kappa shape index (κ3) is 3.15. The van der Waals surface area contributed by atoms with E-state index in [1.807, 2.05) is 6.92 Å². The van der Waals surface area contributed by atoms with Crippen molar-refractivity contribution in [3.05, 3.63) is 29.0 Å². The molecule has 1 unspecified atom stereocenters. The van der Waals surface area contributed by atoms with E-state index in [4.69, 9.17) is 29.6 Å². The summed E-state index contributed by atoms with van der Waals surface area (Å²) in [4.78, 5) is 15.9. The Labute approximate surface area is 104 Å². The number of aromatic nitrogens is 1. The molecule has 1 atom stereocenters. The van der Waals surface area contributed by atoms with Crippen LogP contribution in [0.4, 0.5) is 0 Å². The van der Waals surface area contributed by atoms with Crippen molar-refractivity contribution in [1.29, 1.82) is 0 Å². The highest BCUT2D eigenvalue weighted by atomic mass is 35.5. The Morgan fingerprint density at radius 2 is 2.44 bits per heavy atom. The minimum atomic E-state index is -0.313. The summed E-state index contributed by atoms with van der Waals surface area (Å²) in [5.74, 6) is -0.299. The number of halogens is 1. The molecule has 0 fully saturated rings. The molecule has 0 bridgehead atoms. The summed E-state index contributed by atoms with van der Waals surface area (Å²) in [6.07, 6.45) is 3.56. The zero-order valence-corrected chi connectivity index (χ0v) is 10.3. The molecule has 0 saturated carbocycles. The van der Waals surface area contributed by atoms with Gasteiger partial charge in [-0.05, 0) is 12.5 Å². The number of nitrogens with two attached hydrogens (primary N) is 1. The number of rotatable bonds is 4. The standard InChI is InChI=1S/C10H12ClN3OS/c1-2-8(9(12)16)14-10(15)6-3-4-13-5-7(6)11/h3-5,8H,2H2,1H3,(H2,12,16)(H,14,15). The van der Waals surface area contributed by atoms with Gasteiger partial charge in [-0.2, -0.15) is 0 Å². The Bertz CT molecular complexity index is 411. The summed E-state index contributed by atoms with van der Waals surface area (Å²) in [5, 5.41) is 3.01. The van der Waals surface area contributed by atoms with Crippen LogP contribution < -0.4 is 11.1 Å². The predicted octanol–water partition coefficient (Wildman–Crippen LogP) is 1.53. The first-order valence-electron chi connectivity index (χ1n) is 4.76. The second-order valence-electron chi connectivity index (χ2n) is 3.19. The number of carbonyl (C=O) groups excluding carboxylic acids is 1. The fourth-order valence-electron chi connectivity index (χ4n) is 1.17. The maximum Gasteiger partial charge on any atom is 0.253 e. The number of pyridine rings is 1. The molecule has 1 amide bonds. The van der Waals surface area contributed by atoms with Gasteiger partial charge >= 0.3 is 0 Å². The lowest BCUT2D eigenvalue weighted by Crippen LogP contribution is -2.43. The van der Waals surface area contributed by atoms with Gasteiger partial charge in [0.15, 0.2) is 0 Å². The molecule has 6 heteroatoms. The highest BCUT2D eigenvalue weighted by molar-refractivity contribution is 7.80. The molecular weight excluding hydrogens is 246 g/mol. The Balaban J connectivity index is 2.80. The van der Waals surface area contributed by atoms with E-state index in [0.717, 1.165) is 0 Å². The van der Waals surface area contributed by atoms with Gasteiger partial charge < -0.3 is 11.1 Å². The molecule has 1 heterocycles. The number of thiocarbonyl (C=S) groups is 1. The molecule has 0 aliphatic carbocycles. The van der Waals surface area contributed by atoms with Crippen LogP contribution in [-0.4, -0.2) is 21.9 Å². The van der Waals surface area contributed by atoms with Crippen molar-refractivity contribution < 1.29 is 4.79 Å². The molecule has 1 aromatic heterocycles. The lowest BCUT2D eigenvalue weighted by Gasteiger charge is -2.15. The minimum Gasteiger partial charge on any atom is -0.392 e. The molecule has 16 heavy (non-hydrogen) atoms. The van der Waals surface area contributed by atoms with Crippen molar-refractivity contribution in [3.8, 4) is 0 Å². The molecule has 0 radical (unpaired) electrons. The number of hydrogen-bond acceptors (Lipinski definition) is 3. The third-order valence-corrected chi connectivity index (χ3v) is 2.66. The van der Waals surface area contributed by atoms with Crippen molar-refractivity contribution in [2.75, 3.05) is 0 Å². The van der Waals surface area contributed by atoms with Gasteiger partial charge in [0, 0.05) is 12.4 Å².